The standard InChI is InChI=1S/C16H20N2O3/c1-16(9-3-2-4-10-16)18-15(21)13-7-5-12(11-17-13)6-8-14(19)20/h5-8,11H,2-4,9-10H2,1H3,(H,18,21)(H,19,20). The number of aromatic nitrogens is 1. The topological polar surface area (TPSA) is 79.3 Å². The maximum atomic E-state index is 12.2. The molecule has 0 unspecified atom stereocenters. The van der Waals surface area contributed by atoms with Gasteiger partial charge < -0.3 is 10.4 Å². The Kier molecular flexibility index (Phi) is 4.73. The van der Waals surface area contributed by atoms with Crippen LogP contribution >= 0.6 is 0 Å². The van der Waals surface area contributed by atoms with Gasteiger partial charge in [0.25, 0.3) is 5.91 Å². The zero-order valence-corrected chi connectivity index (χ0v) is 12.1. The smallest absolute Gasteiger partial charge is 0.328 e. The molecule has 0 atom stereocenters. The molecule has 0 saturated heterocycles. The number of hydrogen-bond donors (Lipinski definition) is 2. The van der Waals surface area contributed by atoms with E-state index in [0.29, 0.717) is 11.3 Å². The molecule has 0 bridgehead atoms. The number of pyridine rings is 1. The molecule has 2 N–H and O–H groups in total. The fourth-order valence-electron chi connectivity index (χ4n) is 2.60. The summed E-state index contributed by atoms with van der Waals surface area (Å²) in [5.41, 5.74) is 0.867. The second kappa shape index (κ2) is 6.52. The molecule has 0 aromatic carbocycles. The van der Waals surface area contributed by atoms with Crippen LogP contribution in [0.25, 0.3) is 6.08 Å². The number of nitrogens with zero attached hydrogens (tertiary/aromatic N) is 1. The summed E-state index contributed by atoms with van der Waals surface area (Å²) in [4.78, 5) is 26.7. The molecule has 2 rings (SSSR count). The van der Waals surface area contributed by atoms with Crippen molar-refractivity contribution in [3.05, 3.63) is 35.7 Å². The number of carbonyl (C=O) groups is 2. The van der Waals surface area contributed by atoms with Crippen LogP contribution in [0.1, 0.15) is 55.1 Å². The lowest BCUT2D eigenvalue weighted by Crippen LogP contribution is -2.47. The molecule has 1 aromatic rings. The number of carbonyl (C=O) groups excluding carboxylic acids is 1. The van der Waals surface area contributed by atoms with Crippen molar-refractivity contribution in [3.63, 3.8) is 0 Å². The van der Waals surface area contributed by atoms with Gasteiger partial charge in [-0.05, 0) is 37.5 Å². The van der Waals surface area contributed by atoms with Gasteiger partial charge in [0.05, 0.1) is 0 Å². The highest BCUT2D eigenvalue weighted by atomic mass is 16.4. The van der Waals surface area contributed by atoms with E-state index in [9.17, 15) is 9.59 Å². The molecule has 1 aromatic heterocycles. The fourth-order valence-corrected chi connectivity index (χ4v) is 2.60. The average Bonchev–Trinajstić information content (AvgIpc) is 2.46. The van der Waals surface area contributed by atoms with Gasteiger partial charge in [-0.1, -0.05) is 25.3 Å². The summed E-state index contributed by atoms with van der Waals surface area (Å²) in [6.07, 6.45) is 9.49. The van der Waals surface area contributed by atoms with Crippen molar-refractivity contribution in [1.29, 1.82) is 0 Å². The predicted molar refractivity (Wildman–Crippen MR) is 79.9 cm³/mol. The van der Waals surface area contributed by atoms with Gasteiger partial charge in [0.1, 0.15) is 5.69 Å². The molecule has 21 heavy (non-hydrogen) atoms. The number of nitrogens with one attached hydrogen (secondary N) is 1. The van der Waals surface area contributed by atoms with Crippen molar-refractivity contribution in [2.24, 2.45) is 0 Å². The largest absolute Gasteiger partial charge is 0.478 e. The minimum atomic E-state index is -1.01. The van der Waals surface area contributed by atoms with Gasteiger partial charge in [-0.25, -0.2) is 4.79 Å². The molecule has 1 aliphatic rings. The van der Waals surface area contributed by atoms with Crippen molar-refractivity contribution in [2.75, 3.05) is 0 Å². The van der Waals surface area contributed by atoms with Crippen molar-refractivity contribution in [1.82, 2.24) is 10.3 Å². The summed E-state index contributed by atoms with van der Waals surface area (Å²) in [5, 5.41) is 11.6. The molecule has 0 aliphatic heterocycles. The molecule has 1 fully saturated rings. The molecule has 1 heterocycles. The Morgan fingerprint density at radius 2 is 2.00 bits per heavy atom. The highest BCUT2D eigenvalue weighted by Crippen LogP contribution is 2.27. The quantitative estimate of drug-likeness (QED) is 0.835. The van der Waals surface area contributed by atoms with E-state index in [1.165, 1.54) is 18.7 Å². The van der Waals surface area contributed by atoms with E-state index in [2.05, 4.69) is 17.2 Å². The lowest BCUT2D eigenvalue weighted by Gasteiger charge is -2.34. The number of rotatable bonds is 4. The van der Waals surface area contributed by atoms with Crippen molar-refractivity contribution in [2.45, 2.75) is 44.6 Å². The van der Waals surface area contributed by atoms with Crippen LogP contribution in [-0.2, 0) is 4.79 Å². The Balaban J connectivity index is 2.01. The Hall–Kier alpha value is -2.17. The first-order valence-electron chi connectivity index (χ1n) is 7.18. The highest BCUT2D eigenvalue weighted by Gasteiger charge is 2.28. The first-order chi connectivity index (χ1) is 9.98. The predicted octanol–water partition coefficient (Wildman–Crippen LogP) is 2.63. The van der Waals surface area contributed by atoms with Gasteiger partial charge in [0, 0.05) is 17.8 Å². The maximum absolute atomic E-state index is 12.2. The van der Waals surface area contributed by atoms with Crippen LogP contribution in [0.3, 0.4) is 0 Å². The molecule has 1 amide bonds. The van der Waals surface area contributed by atoms with Gasteiger partial charge in [-0.3, -0.25) is 9.78 Å². The van der Waals surface area contributed by atoms with E-state index in [4.69, 9.17) is 5.11 Å². The van der Waals surface area contributed by atoms with Gasteiger partial charge >= 0.3 is 5.97 Å². The van der Waals surface area contributed by atoms with Gasteiger partial charge in [-0.2, -0.15) is 0 Å². The Bertz CT molecular complexity index is 543. The van der Waals surface area contributed by atoms with Gasteiger partial charge in [-0.15, -0.1) is 0 Å². The number of carboxylic acid groups (broad SMARTS) is 1. The summed E-state index contributed by atoms with van der Waals surface area (Å²) in [6, 6.07) is 3.30. The second-order valence-electron chi connectivity index (χ2n) is 5.72. The van der Waals surface area contributed by atoms with E-state index < -0.39 is 5.97 Å². The minimum absolute atomic E-state index is 0.140. The van der Waals surface area contributed by atoms with Crippen LogP contribution in [0.4, 0.5) is 0 Å². The molecule has 1 aliphatic carbocycles. The molecular formula is C16H20N2O3. The highest BCUT2D eigenvalue weighted by molar-refractivity contribution is 5.93. The summed E-state index contributed by atoms with van der Waals surface area (Å²) in [6.45, 7) is 2.08. The SMILES string of the molecule is CC1(NC(=O)c2ccc(C=CC(=O)O)cn2)CCCCC1. The minimum Gasteiger partial charge on any atom is -0.478 e. The van der Waals surface area contributed by atoms with E-state index >= 15 is 0 Å². The maximum Gasteiger partial charge on any atom is 0.328 e. The lowest BCUT2D eigenvalue weighted by atomic mass is 9.83. The van der Waals surface area contributed by atoms with Crippen molar-refractivity contribution >= 4 is 18.0 Å². The first kappa shape index (κ1) is 15.2. The van der Waals surface area contributed by atoms with Crippen LogP contribution in [0, 0.1) is 0 Å². The zero-order valence-electron chi connectivity index (χ0n) is 12.1. The molecule has 5 nitrogen and oxygen atoms in total. The van der Waals surface area contributed by atoms with Crippen LogP contribution in [0.2, 0.25) is 0 Å². The van der Waals surface area contributed by atoms with Crippen LogP contribution in [0.5, 0.6) is 0 Å². The first-order valence-corrected chi connectivity index (χ1v) is 7.18. The molecule has 5 heteroatoms. The van der Waals surface area contributed by atoms with E-state index in [-0.39, 0.29) is 11.4 Å². The number of carboxylic acids is 1. The average molecular weight is 288 g/mol. The van der Waals surface area contributed by atoms with Crippen molar-refractivity contribution < 1.29 is 14.7 Å². The van der Waals surface area contributed by atoms with E-state index in [1.807, 2.05) is 0 Å². The fraction of sp³-hybridized carbons (Fsp3) is 0.438. The molecular weight excluding hydrogens is 268 g/mol. The summed E-state index contributed by atoms with van der Waals surface area (Å²) in [5.74, 6) is -1.18. The number of hydrogen-bond acceptors (Lipinski definition) is 3. The van der Waals surface area contributed by atoms with Gasteiger partial charge in [0.2, 0.25) is 0 Å². The Labute approximate surface area is 124 Å². The summed E-state index contributed by atoms with van der Waals surface area (Å²) in [7, 11) is 0. The van der Waals surface area contributed by atoms with Crippen LogP contribution in [0.15, 0.2) is 24.4 Å². The molecule has 0 radical (unpaired) electrons. The third-order valence-electron chi connectivity index (χ3n) is 3.81. The summed E-state index contributed by atoms with van der Waals surface area (Å²) < 4.78 is 0. The number of amides is 1. The van der Waals surface area contributed by atoms with Crippen molar-refractivity contribution in [3.8, 4) is 0 Å². The molecule has 112 valence electrons. The second-order valence-corrected chi connectivity index (χ2v) is 5.72. The van der Waals surface area contributed by atoms with E-state index in [1.54, 1.807) is 12.1 Å². The van der Waals surface area contributed by atoms with E-state index in [0.717, 1.165) is 31.8 Å². The third kappa shape index (κ3) is 4.41. The van der Waals surface area contributed by atoms with Gasteiger partial charge in [0.15, 0.2) is 0 Å². The third-order valence-corrected chi connectivity index (χ3v) is 3.81. The molecule has 0 spiro atoms. The lowest BCUT2D eigenvalue weighted by molar-refractivity contribution is -0.131. The Morgan fingerprint density at radius 3 is 2.57 bits per heavy atom. The van der Waals surface area contributed by atoms with Crippen LogP contribution in [-0.4, -0.2) is 27.5 Å². The normalized spacial score (nSPS) is 17.6. The number of aliphatic carboxylic acids is 1. The molecule has 1 saturated carbocycles. The monoisotopic (exact) mass is 288 g/mol. The van der Waals surface area contributed by atoms with Crippen LogP contribution < -0.4 is 5.32 Å². The zero-order chi connectivity index (χ0) is 15.3. The summed E-state index contributed by atoms with van der Waals surface area (Å²) >= 11 is 0. The Morgan fingerprint density at radius 1 is 1.29 bits per heavy atom.